The number of fused-ring (bicyclic) bond motifs is 1. The molecule has 1 saturated carbocycles. The summed E-state index contributed by atoms with van der Waals surface area (Å²) in [5.74, 6) is -0.722. The average molecular weight is 274 g/mol. The lowest BCUT2D eigenvalue weighted by molar-refractivity contribution is -0.236. The summed E-state index contributed by atoms with van der Waals surface area (Å²) in [5.41, 5.74) is -0.766. The molecule has 0 spiro atoms. The zero-order valence-corrected chi connectivity index (χ0v) is 11.7. The molecule has 3 atom stereocenters. The van der Waals surface area contributed by atoms with Crippen LogP contribution in [0, 0.1) is 11.3 Å². The number of rotatable bonds is 3. The van der Waals surface area contributed by atoms with E-state index in [0.717, 1.165) is 5.56 Å². The normalized spacial score (nSPS) is 34.9. The fourth-order valence-electron chi connectivity index (χ4n) is 3.65. The van der Waals surface area contributed by atoms with Crippen LogP contribution in [0.25, 0.3) is 0 Å². The number of hydrogen-bond donors (Lipinski definition) is 0. The van der Waals surface area contributed by atoms with E-state index in [0.29, 0.717) is 19.4 Å². The van der Waals surface area contributed by atoms with Crippen molar-refractivity contribution in [2.45, 2.75) is 32.3 Å². The Hall–Kier alpha value is -1.84. The van der Waals surface area contributed by atoms with Crippen LogP contribution >= 0.6 is 0 Å². The molecule has 1 aromatic rings. The number of carbonyl (C=O) groups excluding carboxylic acids is 2. The van der Waals surface area contributed by atoms with Crippen LogP contribution in [0.3, 0.4) is 0 Å². The third-order valence-electron chi connectivity index (χ3n) is 4.72. The van der Waals surface area contributed by atoms with Crippen molar-refractivity contribution in [3.63, 3.8) is 0 Å². The first-order valence-electron chi connectivity index (χ1n) is 7.02. The van der Waals surface area contributed by atoms with E-state index >= 15 is 0 Å². The summed E-state index contributed by atoms with van der Waals surface area (Å²) >= 11 is 0. The summed E-state index contributed by atoms with van der Waals surface area (Å²) in [6, 6.07) is 9.55. The fourth-order valence-corrected chi connectivity index (χ4v) is 3.65. The molecule has 106 valence electrons. The Morgan fingerprint density at radius 1 is 1.40 bits per heavy atom. The van der Waals surface area contributed by atoms with Crippen molar-refractivity contribution in [1.82, 2.24) is 0 Å². The summed E-state index contributed by atoms with van der Waals surface area (Å²) < 4.78 is 10.8. The van der Waals surface area contributed by atoms with Gasteiger partial charge in [-0.2, -0.15) is 0 Å². The molecule has 2 aliphatic rings. The van der Waals surface area contributed by atoms with Crippen molar-refractivity contribution >= 4 is 11.9 Å². The van der Waals surface area contributed by atoms with Crippen LogP contribution in [-0.2, 0) is 24.7 Å². The molecule has 3 rings (SSSR count). The van der Waals surface area contributed by atoms with Crippen molar-refractivity contribution < 1.29 is 19.1 Å². The second kappa shape index (κ2) is 4.33. The Morgan fingerprint density at radius 3 is 2.70 bits per heavy atom. The highest BCUT2D eigenvalue weighted by atomic mass is 16.6. The first-order chi connectivity index (χ1) is 9.56. The maximum atomic E-state index is 12.4. The second-order valence-electron chi connectivity index (χ2n) is 5.67. The average Bonchev–Trinajstić information content (AvgIpc) is 2.69. The summed E-state index contributed by atoms with van der Waals surface area (Å²) in [5, 5.41) is 0. The van der Waals surface area contributed by atoms with Crippen molar-refractivity contribution in [1.29, 1.82) is 0 Å². The van der Waals surface area contributed by atoms with Gasteiger partial charge in [0.25, 0.3) is 0 Å². The van der Waals surface area contributed by atoms with Gasteiger partial charge in [0.05, 0.1) is 6.61 Å². The molecule has 0 bridgehead atoms. The van der Waals surface area contributed by atoms with E-state index in [1.54, 1.807) is 6.92 Å². The van der Waals surface area contributed by atoms with E-state index in [1.165, 1.54) is 0 Å². The van der Waals surface area contributed by atoms with Gasteiger partial charge in [0.15, 0.2) is 5.60 Å². The van der Waals surface area contributed by atoms with E-state index in [9.17, 15) is 9.59 Å². The topological polar surface area (TPSA) is 52.6 Å². The zero-order valence-electron chi connectivity index (χ0n) is 11.7. The molecule has 20 heavy (non-hydrogen) atoms. The highest BCUT2D eigenvalue weighted by molar-refractivity contribution is 5.89. The highest BCUT2D eigenvalue weighted by Crippen LogP contribution is 2.64. The van der Waals surface area contributed by atoms with Crippen LogP contribution in [0.2, 0.25) is 0 Å². The zero-order chi connectivity index (χ0) is 14.4. The lowest BCUT2D eigenvalue weighted by Crippen LogP contribution is -2.61. The van der Waals surface area contributed by atoms with E-state index in [2.05, 4.69) is 0 Å². The molecule has 1 aliphatic heterocycles. The molecule has 1 aliphatic carbocycles. The summed E-state index contributed by atoms with van der Waals surface area (Å²) in [4.78, 5) is 24.2. The third-order valence-corrected chi connectivity index (χ3v) is 4.72. The minimum atomic E-state index is -0.850. The summed E-state index contributed by atoms with van der Waals surface area (Å²) in [7, 11) is 0. The minimum Gasteiger partial charge on any atom is -0.465 e. The van der Waals surface area contributed by atoms with Crippen LogP contribution in [0.5, 0.6) is 0 Å². The quantitative estimate of drug-likeness (QED) is 0.794. The number of ether oxygens (including phenoxy) is 2. The third kappa shape index (κ3) is 1.42. The van der Waals surface area contributed by atoms with Crippen LogP contribution in [0.1, 0.15) is 32.3 Å². The molecule has 4 nitrogen and oxygen atoms in total. The molecule has 0 amide bonds. The Bertz CT molecular complexity index is 553. The molecule has 0 unspecified atom stereocenters. The molecule has 0 radical (unpaired) electrons. The highest BCUT2D eigenvalue weighted by Gasteiger charge is 2.74. The lowest BCUT2D eigenvalue weighted by atomic mass is 9.65. The maximum absolute atomic E-state index is 12.4. The van der Waals surface area contributed by atoms with E-state index in [1.807, 2.05) is 37.3 Å². The largest absolute Gasteiger partial charge is 0.465 e. The Morgan fingerprint density at radius 2 is 2.10 bits per heavy atom. The standard InChI is InChI=1S/C16H18O4/c1-3-19-14(18)15(2)10-9-12-13(17)20-16(12,15)11-7-5-4-6-8-11/h4-8,12H,3,9-10H2,1-2H3/t12-,15-,16-/m0/s1. The SMILES string of the molecule is CCOC(=O)[C@]1(C)CC[C@H]2C(=O)O[C@@]21c1ccccc1. The Labute approximate surface area is 118 Å². The monoisotopic (exact) mass is 274 g/mol. The second-order valence-corrected chi connectivity index (χ2v) is 5.67. The molecule has 1 saturated heterocycles. The van der Waals surface area contributed by atoms with Crippen molar-refractivity contribution in [3.8, 4) is 0 Å². The number of carbonyl (C=O) groups is 2. The number of benzene rings is 1. The van der Waals surface area contributed by atoms with Gasteiger partial charge in [-0.25, -0.2) is 0 Å². The first-order valence-corrected chi connectivity index (χ1v) is 7.02. The molecular weight excluding hydrogens is 256 g/mol. The van der Waals surface area contributed by atoms with E-state index < -0.39 is 11.0 Å². The van der Waals surface area contributed by atoms with Gasteiger partial charge in [0.1, 0.15) is 11.3 Å². The maximum Gasteiger partial charge on any atom is 0.316 e. The number of hydrogen-bond acceptors (Lipinski definition) is 4. The van der Waals surface area contributed by atoms with Crippen LogP contribution in [-0.4, -0.2) is 18.5 Å². The molecular formula is C16H18O4. The minimum absolute atomic E-state index is 0.207. The predicted octanol–water partition coefficient (Wildman–Crippen LogP) is 2.42. The summed E-state index contributed by atoms with van der Waals surface area (Å²) in [6.45, 7) is 3.97. The molecule has 4 heteroatoms. The molecule has 0 aromatic heterocycles. The molecule has 0 N–H and O–H groups in total. The first kappa shape index (κ1) is 13.2. The van der Waals surface area contributed by atoms with Crippen molar-refractivity contribution in [2.24, 2.45) is 11.3 Å². The fraction of sp³-hybridized carbons (Fsp3) is 0.500. The van der Waals surface area contributed by atoms with Gasteiger partial charge in [-0.05, 0) is 32.3 Å². The Kier molecular flexibility index (Phi) is 2.85. The smallest absolute Gasteiger partial charge is 0.316 e. The van der Waals surface area contributed by atoms with Crippen LogP contribution in [0.4, 0.5) is 0 Å². The number of esters is 2. The Balaban J connectivity index is 2.08. The van der Waals surface area contributed by atoms with Crippen LogP contribution in [0.15, 0.2) is 30.3 Å². The van der Waals surface area contributed by atoms with Gasteiger partial charge in [-0.15, -0.1) is 0 Å². The predicted molar refractivity (Wildman–Crippen MR) is 71.7 cm³/mol. The molecule has 1 heterocycles. The van der Waals surface area contributed by atoms with E-state index in [4.69, 9.17) is 9.47 Å². The van der Waals surface area contributed by atoms with Gasteiger partial charge < -0.3 is 9.47 Å². The summed E-state index contributed by atoms with van der Waals surface area (Å²) in [6.07, 6.45) is 1.28. The van der Waals surface area contributed by atoms with E-state index in [-0.39, 0.29) is 17.9 Å². The van der Waals surface area contributed by atoms with Gasteiger partial charge >= 0.3 is 11.9 Å². The molecule has 2 fully saturated rings. The van der Waals surface area contributed by atoms with Crippen LogP contribution < -0.4 is 0 Å². The van der Waals surface area contributed by atoms with Gasteiger partial charge in [-0.1, -0.05) is 30.3 Å². The van der Waals surface area contributed by atoms with Gasteiger partial charge in [0.2, 0.25) is 0 Å². The van der Waals surface area contributed by atoms with Crippen molar-refractivity contribution in [2.75, 3.05) is 6.61 Å². The molecule has 1 aromatic carbocycles. The van der Waals surface area contributed by atoms with Gasteiger partial charge in [-0.3, -0.25) is 9.59 Å². The lowest BCUT2D eigenvalue weighted by Gasteiger charge is -2.50. The van der Waals surface area contributed by atoms with Crippen molar-refractivity contribution in [3.05, 3.63) is 35.9 Å². The van der Waals surface area contributed by atoms with Gasteiger partial charge in [0, 0.05) is 0 Å².